The van der Waals surface area contributed by atoms with Crippen LogP contribution >= 0.6 is 0 Å². The van der Waals surface area contributed by atoms with E-state index in [1.165, 1.54) is 60.8 Å². The zero-order chi connectivity index (χ0) is 40.3. The molecule has 1 aliphatic carbocycles. The largest absolute Gasteiger partial charge is 0.456 e. The first-order valence-electron chi connectivity index (χ1n) is 21.0. The van der Waals surface area contributed by atoms with Crippen molar-refractivity contribution in [1.29, 1.82) is 0 Å². The number of para-hydroxylation sites is 1. The monoisotopic (exact) mass is 777 g/mol. The van der Waals surface area contributed by atoms with Gasteiger partial charge in [-0.25, -0.2) is 0 Å². The standard InChI is InChI=1S/C59H39NO/c1-3-22-44(23-4-1)59(45-24-5-2-6-25-45)53-31-11-9-29-51(53)58-54(59)32-16-33-55(58)60(47-35-36-57-52(39-47)50-28-10-12-34-56(50)61-57)46-26-14-20-42(38-46)41-19-13-21-43(37-41)49-30-15-18-40-17-7-8-27-48(40)49/h1-39H. The summed E-state index contributed by atoms with van der Waals surface area (Å²) in [5.41, 5.74) is 16.7. The second kappa shape index (κ2) is 14.1. The molecule has 10 aromatic carbocycles. The number of furan rings is 1. The van der Waals surface area contributed by atoms with Crippen LogP contribution in [-0.4, -0.2) is 0 Å². The Kier molecular flexibility index (Phi) is 8.11. The molecule has 1 aromatic heterocycles. The minimum Gasteiger partial charge on any atom is -0.456 e. The quantitative estimate of drug-likeness (QED) is 0.160. The molecular weight excluding hydrogens is 739 g/mol. The van der Waals surface area contributed by atoms with E-state index in [-0.39, 0.29) is 0 Å². The van der Waals surface area contributed by atoms with Crippen LogP contribution in [0.5, 0.6) is 0 Å². The van der Waals surface area contributed by atoms with E-state index in [1.54, 1.807) is 0 Å². The van der Waals surface area contributed by atoms with Gasteiger partial charge in [0.05, 0.1) is 11.1 Å². The molecule has 0 spiro atoms. The molecule has 1 aliphatic rings. The van der Waals surface area contributed by atoms with Crippen LogP contribution in [0.25, 0.3) is 66.1 Å². The van der Waals surface area contributed by atoms with E-state index in [2.05, 4.69) is 235 Å². The normalized spacial score (nSPS) is 12.7. The highest BCUT2D eigenvalue weighted by atomic mass is 16.3. The van der Waals surface area contributed by atoms with Gasteiger partial charge in [0.15, 0.2) is 0 Å². The van der Waals surface area contributed by atoms with Crippen LogP contribution in [0, 0.1) is 0 Å². The lowest BCUT2D eigenvalue weighted by Crippen LogP contribution is -2.28. The van der Waals surface area contributed by atoms with Gasteiger partial charge in [0, 0.05) is 27.7 Å². The van der Waals surface area contributed by atoms with Gasteiger partial charge in [-0.15, -0.1) is 0 Å². The first kappa shape index (κ1) is 35.0. The number of anilines is 3. The highest BCUT2D eigenvalue weighted by molar-refractivity contribution is 6.07. The Morgan fingerprint density at radius 3 is 1.75 bits per heavy atom. The lowest BCUT2D eigenvalue weighted by Gasteiger charge is -2.34. The zero-order valence-corrected chi connectivity index (χ0v) is 33.4. The van der Waals surface area contributed by atoms with E-state index < -0.39 is 5.41 Å². The van der Waals surface area contributed by atoms with E-state index in [1.807, 2.05) is 6.07 Å². The van der Waals surface area contributed by atoms with Crippen LogP contribution in [0.15, 0.2) is 241 Å². The molecule has 11 aromatic rings. The SMILES string of the molecule is c1ccc(C2(c3ccccc3)c3ccccc3-c3c(N(c4cccc(-c5cccc(-c6cccc7ccccc67)c5)c4)c4ccc5oc6ccccc6c5c4)cccc32)cc1. The molecule has 0 atom stereocenters. The van der Waals surface area contributed by atoms with Crippen molar-refractivity contribution in [2.24, 2.45) is 0 Å². The molecule has 2 nitrogen and oxygen atoms in total. The Morgan fingerprint density at radius 1 is 0.344 bits per heavy atom. The summed E-state index contributed by atoms with van der Waals surface area (Å²) in [7, 11) is 0. The van der Waals surface area contributed by atoms with Gasteiger partial charge in [0.25, 0.3) is 0 Å². The first-order valence-corrected chi connectivity index (χ1v) is 21.0. The maximum atomic E-state index is 6.38. The summed E-state index contributed by atoms with van der Waals surface area (Å²) in [6, 6.07) is 86.1. The van der Waals surface area contributed by atoms with Crippen molar-refractivity contribution < 1.29 is 4.42 Å². The highest BCUT2D eigenvalue weighted by Gasteiger charge is 2.47. The molecule has 0 amide bonds. The second-order valence-corrected chi connectivity index (χ2v) is 16.0. The van der Waals surface area contributed by atoms with E-state index >= 15 is 0 Å². The molecule has 12 rings (SSSR count). The van der Waals surface area contributed by atoms with Crippen molar-refractivity contribution in [3.05, 3.63) is 259 Å². The van der Waals surface area contributed by atoms with Gasteiger partial charge in [-0.05, 0) is 109 Å². The van der Waals surface area contributed by atoms with Gasteiger partial charge in [-0.1, -0.05) is 188 Å². The molecule has 0 unspecified atom stereocenters. The van der Waals surface area contributed by atoms with Gasteiger partial charge in [0.1, 0.15) is 11.2 Å². The lowest BCUT2D eigenvalue weighted by molar-refractivity contribution is 0.669. The van der Waals surface area contributed by atoms with Gasteiger partial charge >= 0.3 is 0 Å². The number of hydrogen-bond acceptors (Lipinski definition) is 2. The van der Waals surface area contributed by atoms with Gasteiger partial charge in [-0.3, -0.25) is 0 Å². The van der Waals surface area contributed by atoms with E-state index in [0.717, 1.165) is 44.6 Å². The lowest BCUT2D eigenvalue weighted by atomic mass is 9.68. The fourth-order valence-electron chi connectivity index (χ4n) is 10.1. The molecule has 0 bridgehead atoms. The molecule has 0 saturated heterocycles. The topological polar surface area (TPSA) is 16.4 Å². The van der Waals surface area contributed by atoms with Crippen molar-refractivity contribution in [2.75, 3.05) is 4.90 Å². The summed E-state index contributed by atoms with van der Waals surface area (Å²) in [5, 5.41) is 4.69. The Bertz CT molecular complexity index is 3390. The first-order chi connectivity index (χ1) is 30.3. The third-order valence-corrected chi connectivity index (χ3v) is 12.7. The van der Waals surface area contributed by atoms with Crippen molar-refractivity contribution in [1.82, 2.24) is 0 Å². The highest BCUT2D eigenvalue weighted by Crippen LogP contribution is 2.59. The summed E-state index contributed by atoms with van der Waals surface area (Å²) >= 11 is 0. The summed E-state index contributed by atoms with van der Waals surface area (Å²) in [4.78, 5) is 2.46. The second-order valence-electron chi connectivity index (χ2n) is 16.0. The molecule has 2 heteroatoms. The minimum atomic E-state index is -0.523. The van der Waals surface area contributed by atoms with Crippen LogP contribution in [0.3, 0.4) is 0 Å². The van der Waals surface area contributed by atoms with Crippen molar-refractivity contribution in [3.63, 3.8) is 0 Å². The summed E-state index contributed by atoms with van der Waals surface area (Å²) in [6.45, 7) is 0. The molecular formula is C59H39NO. The van der Waals surface area contributed by atoms with Crippen molar-refractivity contribution in [3.8, 4) is 33.4 Å². The number of nitrogens with zero attached hydrogens (tertiary/aromatic N) is 1. The smallest absolute Gasteiger partial charge is 0.135 e. The molecule has 61 heavy (non-hydrogen) atoms. The molecule has 286 valence electrons. The van der Waals surface area contributed by atoms with Gasteiger partial charge in [0.2, 0.25) is 0 Å². The minimum absolute atomic E-state index is 0.523. The fraction of sp³-hybridized carbons (Fsp3) is 0.0169. The van der Waals surface area contributed by atoms with Gasteiger partial charge in [-0.2, -0.15) is 0 Å². The average molecular weight is 778 g/mol. The van der Waals surface area contributed by atoms with Crippen LogP contribution in [0.1, 0.15) is 22.3 Å². The predicted molar refractivity (Wildman–Crippen MR) is 254 cm³/mol. The number of fused-ring (bicyclic) bond motifs is 7. The summed E-state index contributed by atoms with van der Waals surface area (Å²) in [5.74, 6) is 0. The van der Waals surface area contributed by atoms with E-state index in [4.69, 9.17) is 4.42 Å². The average Bonchev–Trinajstić information content (AvgIpc) is 3.86. The number of rotatable bonds is 7. The Balaban J connectivity index is 1.10. The third kappa shape index (κ3) is 5.50. The molecule has 0 radical (unpaired) electrons. The maximum absolute atomic E-state index is 6.38. The van der Waals surface area contributed by atoms with E-state index in [0.29, 0.717) is 0 Å². The van der Waals surface area contributed by atoms with E-state index in [9.17, 15) is 0 Å². The van der Waals surface area contributed by atoms with Crippen LogP contribution in [0.4, 0.5) is 17.1 Å². The van der Waals surface area contributed by atoms with Crippen molar-refractivity contribution >= 4 is 49.8 Å². The van der Waals surface area contributed by atoms with Crippen molar-refractivity contribution in [2.45, 2.75) is 5.41 Å². The molecule has 0 aliphatic heterocycles. The number of hydrogen-bond donors (Lipinski definition) is 0. The molecule has 1 heterocycles. The number of benzene rings is 10. The van der Waals surface area contributed by atoms with Crippen LogP contribution < -0.4 is 4.90 Å². The molecule has 0 saturated carbocycles. The Labute approximate surface area is 355 Å². The summed E-state index contributed by atoms with van der Waals surface area (Å²) in [6.07, 6.45) is 0. The zero-order valence-electron chi connectivity index (χ0n) is 33.4. The fourth-order valence-corrected chi connectivity index (χ4v) is 10.1. The Morgan fingerprint density at radius 2 is 0.918 bits per heavy atom. The summed E-state index contributed by atoms with van der Waals surface area (Å²) < 4.78 is 6.38. The van der Waals surface area contributed by atoms with Crippen LogP contribution in [-0.2, 0) is 5.41 Å². The van der Waals surface area contributed by atoms with Gasteiger partial charge < -0.3 is 9.32 Å². The maximum Gasteiger partial charge on any atom is 0.135 e. The molecule has 0 N–H and O–H groups in total. The predicted octanol–water partition coefficient (Wildman–Crippen LogP) is 15.9. The molecule has 0 fully saturated rings. The third-order valence-electron chi connectivity index (χ3n) is 12.7. The van der Waals surface area contributed by atoms with Crippen LogP contribution in [0.2, 0.25) is 0 Å². The Hall–Kier alpha value is -7.94.